The predicted molar refractivity (Wildman–Crippen MR) is 113 cm³/mol. The number of ether oxygens (including phenoxy) is 1. The smallest absolute Gasteiger partial charge is 0.338 e. The largest absolute Gasteiger partial charge is 0.459 e. The number of nitrogens with one attached hydrogen (secondary N) is 2. The quantitative estimate of drug-likeness (QED) is 0.594. The first-order chi connectivity index (χ1) is 14.3. The minimum absolute atomic E-state index is 0.156. The molecule has 2 aromatic carbocycles. The van der Waals surface area contributed by atoms with Gasteiger partial charge in [0.2, 0.25) is 0 Å². The van der Waals surface area contributed by atoms with Crippen molar-refractivity contribution in [3.63, 3.8) is 0 Å². The molecule has 0 aliphatic heterocycles. The highest BCUT2D eigenvalue weighted by atomic mass is 16.5. The van der Waals surface area contributed by atoms with Crippen LogP contribution >= 0.6 is 0 Å². The molecule has 0 spiro atoms. The second-order valence-electron chi connectivity index (χ2n) is 6.87. The van der Waals surface area contributed by atoms with Gasteiger partial charge in [-0.3, -0.25) is 9.59 Å². The van der Waals surface area contributed by atoms with Crippen LogP contribution in [-0.2, 0) is 9.53 Å². The maximum absolute atomic E-state index is 12.5. The van der Waals surface area contributed by atoms with Crippen molar-refractivity contribution in [3.05, 3.63) is 83.3 Å². The first kappa shape index (κ1) is 20.9. The minimum Gasteiger partial charge on any atom is -0.459 e. The van der Waals surface area contributed by atoms with Crippen molar-refractivity contribution in [2.75, 3.05) is 10.6 Å². The third-order valence-electron chi connectivity index (χ3n) is 4.41. The Bertz CT molecular complexity index is 1070. The number of rotatable bonds is 6. The zero-order valence-electron chi connectivity index (χ0n) is 16.9. The summed E-state index contributed by atoms with van der Waals surface area (Å²) in [4.78, 5) is 37.0. The van der Waals surface area contributed by atoms with E-state index in [0.717, 1.165) is 11.1 Å². The molecule has 0 aliphatic carbocycles. The van der Waals surface area contributed by atoms with Gasteiger partial charge in [0, 0.05) is 11.4 Å². The van der Waals surface area contributed by atoms with Crippen molar-refractivity contribution in [1.29, 1.82) is 0 Å². The Morgan fingerprint density at radius 3 is 2.47 bits per heavy atom. The fourth-order valence-electron chi connectivity index (χ4n) is 2.72. The molecule has 1 aromatic heterocycles. The molecule has 0 fully saturated rings. The number of aryl methyl sites for hydroxylation is 2. The van der Waals surface area contributed by atoms with E-state index >= 15 is 0 Å². The Morgan fingerprint density at radius 1 is 0.967 bits per heavy atom. The Morgan fingerprint density at radius 2 is 1.77 bits per heavy atom. The van der Waals surface area contributed by atoms with Gasteiger partial charge in [-0.15, -0.1) is 0 Å². The number of benzene rings is 2. The maximum Gasteiger partial charge on any atom is 0.338 e. The van der Waals surface area contributed by atoms with E-state index < -0.39 is 23.9 Å². The van der Waals surface area contributed by atoms with Crippen LogP contribution in [0.4, 0.5) is 11.4 Å². The lowest BCUT2D eigenvalue weighted by Gasteiger charge is -2.15. The molecule has 1 atom stereocenters. The molecule has 3 aromatic rings. The average molecular weight is 406 g/mol. The normalized spacial score (nSPS) is 11.4. The molecule has 154 valence electrons. The van der Waals surface area contributed by atoms with E-state index in [1.54, 1.807) is 31.2 Å². The molecule has 7 heteroatoms. The van der Waals surface area contributed by atoms with Gasteiger partial charge in [0.15, 0.2) is 11.9 Å². The first-order valence-electron chi connectivity index (χ1n) is 9.37. The van der Waals surface area contributed by atoms with Gasteiger partial charge >= 0.3 is 5.97 Å². The van der Waals surface area contributed by atoms with E-state index in [1.165, 1.54) is 25.3 Å². The topological polar surface area (TPSA) is 97.6 Å². The fourth-order valence-corrected chi connectivity index (χ4v) is 2.72. The maximum atomic E-state index is 12.5. The summed E-state index contributed by atoms with van der Waals surface area (Å²) in [6, 6.07) is 15.2. The molecule has 1 heterocycles. The number of hydrogen-bond acceptors (Lipinski definition) is 5. The molecule has 0 aliphatic rings. The summed E-state index contributed by atoms with van der Waals surface area (Å²) in [5, 5.41) is 5.42. The van der Waals surface area contributed by atoms with E-state index in [-0.39, 0.29) is 11.3 Å². The van der Waals surface area contributed by atoms with Gasteiger partial charge in [0.25, 0.3) is 11.8 Å². The number of carbonyl (C=O) groups is 3. The van der Waals surface area contributed by atoms with Crippen LogP contribution < -0.4 is 10.6 Å². The second-order valence-corrected chi connectivity index (χ2v) is 6.87. The number of amides is 2. The van der Waals surface area contributed by atoms with E-state index in [9.17, 15) is 14.4 Å². The van der Waals surface area contributed by atoms with Gasteiger partial charge in [0.1, 0.15) is 0 Å². The lowest BCUT2D eigenvalue weighted by molar-refractivity contribution is -0.123. The van der Waals surface area contributed by atoms with Crippen molar-refractivity contribution >= 4 is 29.2 Å². The van der Waals surface area contributed by atoms with Crippen LogP contribution in [0.25, 0.3) is 0 Å². The minimum atomic E-state index is -1.000. The fraction of sp³-hybridized carbons (Fsp3) is 0.174. The van der Waals surface area contributed by atoms with Gasteiger partial charge in [-0.25, -0.2) is 4.79 Å². The summed E-state index contributed by atoms with van der Waals surface area (Å²) in [7, 11) is 0. The molecule has 0 saturated heterocycles. The highest BCUT2D eigenvalue weighted by Gasteiger charge is 2.20. The van der Waals surface area contributed by atoms with E-state index in [4.69, 9.17) is 9.15 Å². The van der Waals surface area contributed by atoms with Gasteiger partial charge in [-0.1, -0.05) is 18.2 Å². The lowest BCUT2D eigenvalue weighted by atomic mass is 10.1. The number of hydrogen-bond donors (Lipinski definition) is 2. The average Bonchev–Trinajstić information content (AvgIpc) is 3.24. The van der Waals surface area contributed by atoms with E-state index in [2.05, 4.69) is 10.6 Å². The molecule has 3 rings (SSSR count). The molecule has 0 bridgehead atoms. The molecule has 0 unspecified atom stereocenters. The third-order valence-corrected chi connectivity index (χ3v) is 4.41. The van der Waals surface area contributed by atoms with Crippen LogP contribution in [-0.4, -0.2) is 23.9 Å². The van der Waals surface area contributed by atoms with Gasteiger partial charge in [-0.05, 0) is 68.3 Å². The monoisotopic (exact) mass is 406 g/mol. The predicted octanol–water partition coefficient (Wildman–Crippen LogP) is 4.33. The molecule has 0 radical (unpaired) electrons. The molecule has 30 heavy (non-hydrogen) atoms. The SMILES string of the molecule is Cc1cccc(NC(=O)[C@@H](C)OC(=O)c2ccc(C)c(NC(=O)c3ccco3)c2)c1. The molecule has 7 nitrogen and oxygen atoms in total. The zero-order chi connectivity index (χ0) is 21.7. The highest BCUT2D eigenvalue weighted by Crippen LogP contribution is 2.19. The number of furan rings is 1. The molecule has 0 saturated carbocycles. The standard InChI is InChI=1S/C23H22N2O5/c1-14-6-4-7-18(12-14)24-21(26)16(3)30-23(28)17-10-9-15(2)19(13-17)25-22(27)20-8-5-11-29-20/h4-13,16H,1-3H3,(H,24,26)(H,25,27)/t16-/m1/s1. The second kappa shape index (κ2) is 9.09. The molecular formula is C23H22N2O5. The molecular weight excluding hydrogens is 384 g/mol. The van der Waals surface area contributed by atoms with Crippen LogP contribution in [0.15, 0.2) is 65.3 Å². The Hall–Kier alpha value is -3.87. The lowest BCUT2D eigenvalue weighted by Crippen LogP contribution is -2.30. The van der Waals surface area contributed by atoms with Gasteiger partial charge in [0.05, 0.1) is 11.8 Å². The van der Waals surface area contributed by atoms with Crippen molar-refractivity contribution in [2.24, 2.45) is 0 Å². The van der Waals surface area contributed by atoms with Crippen LogP contribution in [0.2, 0.25) is 0 Å². The van der Waals surface area contributed by atoms with Gasteiger partial charge in [-0.2, -0.15) is 0 Å². The van der Waals surface area contributed by atoms with E-state index in [0.29, 0.717) is 11.4 Å². The summed E-state index contributed by atoms with van der Waals surface area (Å²) < 4.78 is 10.4. The zero-order valence-corrected chi connectivity index (χ0v) is 16.9. The van der Waals surface area contributed by atoms with Crippen LogP contribution in [0.1, 0.15) is 39.0 Å². The van der Waals surface area contributed by atoms with Crippen LogP contribution in [0.5, 0.6) is 0 Å². The van der Waals surface area contributed by atoms with Crippen molar-refractivity contribution < 1.29 is 23.5 Å². The highest BCUT2D eigenvalue weighted by molar-refractivity contribution is 6.03. The first-order valence-corrected chi connectivity index (χ1v) is 9.37. The van der Waals surface area contributed by atoms with Crippen molar-refractivity contribution in [1.82, 2.24) is 0 Å². The van der Waals surface area contributed by atoms with Crippen molar-refractivity contribution in [2.45, 2.75) is 26.9 Å². The van der Waals surface area contributed by atoms with E-state index in [1.807, 2.05) is 25.1 Å². The summed E-state index contributed by atoms with van der Waals surface area (Å²) in [6.07, 6.45) is 0.402. The molecule has 2 amide bonds. The Balaban J connectivity index is 1.65. The number of esters is 1. The number of carbonyl (C=O) groups excluding carboxylic acids is 3. The summed E-state index contributed by atoms with van der Waals surface area (Å²) in [6.45, 7) is 5.21. The molecule has 2 N–H and O–H groups in total. The summed E-state index contributed by atoms with van der Waals surface area (Å²) >= 11 is 0. The van der Waals surface area contributed by atoms with Crippen molar-refractivity contribution in [3.8, 4) is 0 Å². The summed E-state index contributed by atoms with van der Waals surface area (Å²) in [5.41, 5.74) is 3.05. The van der Waals surface area contributed by atoms with Gasteiger partial charge < -0.3 is 19.8 Å². The Labute approximate surface area is 174 Å². The van der Waals surface area contributed by atoms with Crippen LogP contribution in [0.3, 0.4) is 0 Å². The Kier molecular flexibility index (Phi) is 6.32. The summed E-state index contributed by atoms with van der Waals surface area (Å²) in [5.74, 6) is -1.38. The van der Waals surface area contributed by atoms with Crippen LogP contribution in [0, 0.1) is 13.8 Å². The third kappa shape index (κ3) is 5.14. The number of anilines is 2.